The molecule has 0 unspecified atom stereocenters. The van der Waals surface area contributed by atoms with Crippen LogP contribution in [0.2, 0.25) is 0 Å². The summed E-state index contributed by atoms with van der Waals surface area (Å²) in [5.74, 6) is 0. The van der Waals surface area contributed by atoms with Gasteiger partial charge in [-0.2, -0.15) is 0 Å². The highest BCUT2D eigenvalue weighted by atomic mass is 32.1. The maximum atomic E-state index is 12.8. The quantitative estimate of drug-likeness (QED) is 0.242. The average molecular weight is 535 g/mol. The maximum absolute atomic E-state index is 12.8. The Morgan fingerprint density at radius 1 is 1.11 bits per heavy atom. The normalized spacial score (nSPS) is 11.4. The summed E-state index contributed by atoms with van der Waals surface area (Å²) in [5, 5.41) is 4.21. The Bertz CT molecular complexity index is 879. The number of alkyl halides is 2. The second kappa shape index (κ2) is 24.1. The van der Waals surface area contributed by atoms with Crippen molar-refractivity contribution in [2.45, 2.75) is 106 Å². The molecule has 3 rings (SSSR count). The van der Waals surface area contributed by atoms with Gasteiger partial charge in [0.2, 0.25) is 0 Å². The number of hydrogen-bond acceptors (Lipinski definition) is 3. The Balaban J connectivity index is 0. The Morgan fingerprint density at radius 3 is 2.14 bits per heavy atom. The van der Waals surface area contributed by atoms with E-state index in [1.807, 2.05) is 65.0 Å². The monoisotopic (exact) mass is 534 g/mol. The summed E-state index contributed by atoms with van der Waals surface area (Å²) in [6.45, 7) is 21.8. The van der Waals surface area contributed by atoms with Crippen molar-refractivity contribution in [3.05, 3.63) is 70.7 Å². The number of aromatic nitrogens is 1. The minimum Gasteiger partial charge on any atom is -0.386 e. The van der Waals surface area contributed by atoms with E-state index in [2.05, 4.69) is 37.3 Å². The number of allylic oxidation sites excluding steroid dienone is 4. The van der Waals surface area contributed by atoms with Gasteiger partial charge in [-0.05, 0) is 50.8 Å². The highest BCUT2D eigenvalue weighted by Crippen LogP contribution is 2.33. The molecule has 1 aliphatic carbocycles. The molecular formula is C32H52F2N2S. The SMILES string of the molecule is C=C(/C=C\C)c1sc(C)nc1-c1cccc(CF)c1.C=C(C)NC1CC1.CC.CCCCCCC.CF. The zero-order chi connectivity index (χ0) is 28.6. The molecule has 1 saturated carbocycles. The third-order valence-electron chi connectivity index (χ3n) is 4.98. The summed E-state index contributed by atoms with van der Waals surface area (Å²) in [7, 11) is 0.500. The number of thiazole rings is 1. The van der Waals surface area contributed by atoms with Crippen LogP contribution in [0, 0.1) is 6.92 Å². The van der Waals surface area contributed by atoms with Gasteiger partial charge in [-0.1, -0.05) is 103 Å². The highest BCUT2D eigenvalue weighted by molar-refractivity contribution is 7.13. The molecule has 2 nitrogen and oxygen atoms in total. The van der Waals surface area contributed by atoms with Crippen molar-refractivity contribution in [1.29, 1.82) is 0 Å². The summed E-state index contributed by atoms with van der Waals surface area (Å²) in [5.41, 5.74) is 4.54. The van der Waals surface area contributed by atoms with Crippen LogP contribution in [0.1, 0.15) is 102 Å². The van der Waals surface area contributed by atoms with E-state index in [0.717, 1.165) is 38.5 Å². The van der Waals surface area contributed by atoms with Gasteiger partial charge in [0, 0.05) is 17.3 Å². The van der Waals surface area contributed by atoms with Crippen LogP contribution in [0.25, 0.3) is 16.8 Å². The van der Waals surface area contributed by atoms with E-state index in [1.54, 1.807) is 17.4 Å². The van der Waals surface area contributed by atoms with Crippen molar-refractivity contribution in [3.8, 4) is 11.3 Å². The number of unbranched alkanes of at least 4 members (excludes halogenated alkanes) is 4. The predicted molar refractivity (Wildman–Crippen MR) is 165 cm³/mol. The smallest absolute Gasteiger partial charge is 0.115 e. The minimum absolute atomic E-state index is 0.456. The lowest BCUT2D eigenvalue weighted by Gasteiger charge is -2.04. The van der Waals surface area contributed by atoms with Crippen LogP contribution in [-0.4, -0.2) is 18.2 Å². The van der Waals surface area contributed by atoms with E-state index in [9.17, 15) is 8.78 Å². The van der Waals surface area contributed by atoms with Crippen LogP contribution in [0.15, 0.2) is 55.3 Å². The van der Waals surface area contributed by atoms with Gasteiger partial charge in [0.25, 0.3) is 0 Å². The van der Waals surface area contributed by atoms with E-state index in [0.29, 0.717) is 12.7 Å². The lowest BCUT2D eigenvalue weighted by atomic mass is 10.1. The number of benzene rings is 1. The van der Waals surface area contributed by atoms with Crippen LogP contribution in [0.4, 0.5) is 8.78 Å². The van der Waals surface area contributed by atoms with Crippen molar-refractivity contribution in [1.82, 2.24) is 10.3 Å². The van der Waals surface area contributed by atoms with Crippen LogP contribution >= 0.6 is 11.3 Å². The molecule has 0 saturated heterocycles. The third-order valence-corrected chi connectivity index (χ3v) is 6.03. The van der Waals surface area contributed by atoms with E-state index < -0.39 is 6.67 Å². The number of halogens is 2. The number of nitrogens with one attached hydrogen (secondary N) is 1. The van der Waals surface area contributed by atoms with Gasteiger partial charge >= 0.3 is 0 Å². The van der Waals surface area contributed by atoms with Gasteiger partial charge < -0.3 is 5.32 Å². The first-order valence-electron chi connectivity index (χ1n) is 13.6. The lowest BCUT2D eigenvalue weighted by molar-refractivity contribution is 0.485. The summed E-state index contributed by atoms with van der Waals surface area (Å²) in [4.78, 5) is 5.61. The Labute approximate surface area is 231 Å². The molecular weight excluding hydrogens is 482 g/mol. The molecule has 1 heterocycles. The summed E-state index contributed by atoms with van der Waals surface area (Å²) < 4.78 is 22.3. The van der Waals surface area contributed by atoms with Gasteiger partial charge in [-0.25, -0.2) is 9.37 Å². The van der Waals surface area contributed by atoms with E-state index in [1.165, 1.54) is 44.9 Å². The summed E-state index contributed by atoms with van der Waals surface area (Å²) >= 11 is 1.62. The van der Waals surface area contributed by atoms with Gasteiger partial charge in [-0.15, -0.1) is 11.3 Å². The fourth-order valence-electron chi connectivity index (χ4n) is 3.17. The number of nitrogens with zero attached hydrogens (tertiary/aromatic N) is 1. The zero-order valence-corrected chi connectivity index (χ0v) is 25.5. The molecule has 1 aromatic carbocycles. The topological polar surface area (TPSA) is 24.9 Å². The molecule has 1 fully saturated rings. The second-order valence-corrected chi connectivity index (χ2v) is 9.73. The first-order valence-corrected chi connectivity index (χ1v) is 14.4. The molecule has 2 aromatic rings. The molecule has 0 radical (unpaired) electrons. The molecule has 1 aliphatic rings. The van der Waals surface area contributed by atoms with Gasteiger partial charge in [0.1, 0.15) is 6.67 Å². The summed E-state index contributed by atoms with van der Waals surface area (Å²) in [6, 6.07) is 8.23. The minimum atomic E-state index is -0.456. The molecule has 1 aromatic heterocycles. The molecule has 5 heteroatoms. The average Bonchev–Trinajstić information content (AvgIpc) is 3.64. The van der Waals surface area contributed by atoms with Crippen molar-refractivity contribution >= 4 is 16.9 Å². The van der Waals surface area contributed by atoms with Crippen LogP contribution < -0.4 is 5.32 Å². The molecule has 0 atom stereocenters. The zero-order valence-electron chi connectivity index (χ0n) is 24.7. The van der Waals surface area contributed by atoms with Gasteiger partial charge in [-0.3, -0.25) is 4.39 Å². The van der Waals surface area contributed by atoms with Crippen LogP contribution in [0.3, 0.4) is 0 Å². The van der Waals surface area contributed by atoms with E-state index in [4.69, 9.17) is 0 Å². The first kappa shape index (κ1) is 36.9. The molecule has 210 valence electrons. The lowest BCUT2D eigenvalue weighted by Crippen LogP contribution is -2.11. The largest absolute Gasteiger partial charge is 0.386 e. The maximum Gasteiger partial charge on any atom is 0.115 e. The third kappa shape index (κ3) is 17.8. The number of aryl methyl sites for hydroxylation is 1. The van der Waals surface area contributed by atoms with Gasteiger partial charge in [0.15, 0.2) is 0 Å². The van der Waals surface area contributed by atoms with Crippen LogP contribution in [0.5, 0.6) is 0 Å². The Morgan fingerprint density at radius 2 is 1.70 bits per heavy atom. The Kier molecular flexibility index (Phi) is 24.0. The van der Waals surface area contributed by atoms with Crippen molar-refractivity contribution in [3.63, 3.8) is 0 Å². The van der Waals surface area contributed by atoms with E-state index >= 15 is 0 Å². The van der Waals surface area contributed by atoms with Crippen molar-refractivity contribution < 1.29 is 8.78 Å². The fourth-order valence-corrected chi connectivity index (χ4v) is 4.06. The second-order valence-electron chi connectivity index (χ2n) is 8.53. The van der Waals surface area contributed by atoms with E-state index in [-0.39, 0.29) is 0 Å². The molecule has 1 N–H and O–H groups in total. The fraction of sp³-hybridized carbons (Fsp3) is 0.531. The summed E-state index contributed by atoms with van der Waals surface area (Å²) in [6.07, 6.45) is 13.6. The van der Waals surface area contributed by atoms with Gasteiger partial charge in [0.05, 0.1) is 22.8 Å². The molecule has 0 spiro atoms. The number of rotatable bonds is 10. The molecule has 0 amide bonds. The molecule has 0 aliphatic heterocycles. The van der Waals surface area contributed by atoms with Crippen molar-refractivity contribution in [2.24, 2.45) is 0 Å². The van der Waals surface area contributed by atoms with Crippen LogP contribution in [-0.2, 0) is 6.67 Å². The van der Waals surface area contributed by atoms with Crippen molar-refractivity contribution in [2.75, 3.05) is 7.18 Å². The predicted octanol–water partition coefficient (Wildman–Crippen LogP) is 11.0. The Hall–Kier alpha value is -2.27. The molecule has 37 heavy (non-hydrogen) atoms. The highest BCUT2D eigenvalue weighted by Gasteiger charge is 2.19. The number of hydrogen-bond donors (Lipinski definition) is 1. The molecule has 0 bridgehead atoms. The standard InChI is InChI=1S/C16H16FNS.C7H16.C6H11N.C2H6.CH3F/c1-4-6-11(2)16-15(18-12(3)19-16)14-8-5-7-13(9-14)10-17;1-3-5-7-6-4-2;1-5(2)7-6-3-4-6;2*1-2/h4-9H,2,10H2,1,3H3;3-7H2,1-2H3;6-7H,1,3-4H2,2H3;1-2H3;1H3/b6-4-;;;;. The first-order chi connectivity index (χ1) is 17.9.